The Bertz CT molecular complexity index is 1450. The van der Waals surface area contributed by atoms with Gasteiger partial charge in [-0.2, -0.15) is 5.26 Å². The lowest BCUT2D eigenvalue weighted by atomic mass is 9.80. The molecule has 0 amide bonds. The molecule has 3 atom stereocenters. The summed E-state index contributed by atoms with van der Waals surface area (Å²) in [7, 11) is 1.59. The smallest absolute Gasteiger partial charge is 0.213 e. The average Bonchev–Trinajstić information content (AvgIpc) is 3.84. The van der Waals surface area contributed by atoms with Crippen molar-refractivity contribution >= 4 is 5.78 Å². The first-order valence-corrected chi connectivity index (χ1v) is 15.0. The van der Waals surface area contributed by atoms with Crippen LogP contribution in [0.4, 0.5) is 0 Å². The molecule has 1 saturated carbocycles. The number of ether oxygens (including phenoxy) is 2. The molecule has 0 radical (unpaired) electrons. The third kappa shape index (κ3) is 6.16. The van der Waals surface area contributed by atoms with Gasteiger partial charge in [-0.1, -0.05) is 51.1 Å². The molecular weight excluding hydrogens is 510 g/mol. The minimum Gasteiger partial charge on any atom is -0.485 e. The molecule has 214 valence electrons. The monoisotopic (exact) mass is 551 g/mol. The molecule has 1 unspecified atom stereocenters. The SMILES string of the molecule is CCN(CC)Cc1cc(C2CCc3ccc([C@H](C4CC4)[C@H](C)C(C)=O)cc3O2)ccc1-c1cc(OC)ncc1C#N. The number of ketones is 1. The summed E-state index contributed by atoms with van der Waals surface area (Å²) < 4.78 is 12.1. The van der Waals surface area contributed by atoms with E-state index >= 15 is 0 Å². The van der Waals surface area contributed by atoms with Crippen molar-refractivity contribution in [3.05, 3.63) is 76.5 Å². The van der Waals surface area contributed by atoms with E-state index in [0.717, 1.165) is 60.5 Å². The summed E-state index contributed by atoms with van der Waals surface area (Å²) >= 11 is 0. The minimum atomic E-state index is -0.0609. The van der Waals surface area contributed by atoms with Gasteiger partial charge in [0, 0.05) is 30.3 Å². The number of nitriles is 1. The molecule has 41 heavy (non-hydrogen) atoms. The lowest BCUT2D eigenvalue weighted by Gasteiger charge is -2.30. The number of pyridine rings is 1. The number of aryl methyl sites for hydroxylation is 1. The van der Waals surface area contributed by atoms with Gasteiger partial charge in [-0.25, -0.2) is 4.98 Å². The van der Waals surface area contributed by atoms with Crippen molar-refractivity contribution in [2.75, 3.05) is 20.2 Å². The van der Waals surface area contributed by atoms with Crippen LogP contribution < -0.4 is 9.47 Å². The second kappa shape index (κ2) is 12.4. The van der Waals surface area contributed by atoms with Gasteiger partial charge in [-0.05, 0) is 91.4 Å². The first kappa shape index (κ1) is 28.8. The Hall–Kier alpha value is -3.69. The molecule has 2 heterocycles. The highest BCUT2D eigenvalue weighted by Crippen LogP contribution is 2.48. The molecule has 0 saturated heterocycles. The van der Waals surface area contributed by atoms with Gasteiger partial charge < -0.3 is 9.47 Å². The lowest BCUT2D eigenvalue weighted by Crippen LogP contribution is -2.23. The Morgan fingerprint density at radius 1 is 1.12 bits per heavy atom. The summed E-state index contributed by atoms with van der Waals surface area (Å²) in [6, 6.07) is 17.3. The molecule has 2 aromatic carbocycles. The van der Waals surface area contributed by atoms with Crippen LogP contribution in [0, 0.1) is 23.2 Å². The number of carbonyl (C=O) groups is 1. The van der Waals surface area contributed by atoms with Crippen LogP contribution in [0.5, 0.6) is 11.6 Å². The van der Waals surface area contributed by atoms with E-state index in [9.17, 15) is 10.1 Å². The third-order valence-corrected chi connectivity index (χ3v) is 9.02. The zero-order valence-corrected chi connectivity index (χ0v) is 24.9. The Balaban J connectivity index is 1.49. The van der Waals surface area contributed by atoms with Gasteiger partial charge in [0.25, 0.3) is 0 Å². The first-order chi connectivity index (χ1) is 19.9. The fourth-order valence-electron chi connectivity index (χ4n) is 6.26. The average molecular weight is 552 g/mol. The van der Waals surface area contributed by atoms with Crippen LogP contribution in [0.1, 0.15) is 86.8 Å². The maximum absolute atomic E-state index is 12.3. The summed E-state index contributed by atoms with van der Waals surface area (Å²) in [5.74, 6) is 2.55. The fourth-order valence-corrected chi connectivity index (χ4v) is 6.26. The molecule has 1 fully saturated rings. The summed E-state index contributed by atoms with van der Waals surface area (Å²) in [5.41, 5.74) is 7.13. The minimum absolute atomic E-state index is 0.0141. The molecule has 6 nitrogen and oxygen atoms in total. The van der Waals surface area contributed by atoms with Gasteiger partial charge in [0.15, 0.2) is 0 Å². The Labute approximate surface area is 244 Å². The van der Waals surface area contributed by atoms with Crippen LogP contribution >= 0.6 is 0 Å². The van der Waals surface area contributed by atoms with E-state index in [-0.39, 0.29) is 23.7 Å². The Morgan fingerprint density at radius 3 is 2.56 bits per heavy atom. The molecule has 1 aliphatic carbocycles. The molecule has 3 aromatic rings. The zero-order chi connectivity index (χ0) is 29.1. The van der Waals surface area contributed by atoms with Crippen molar-refractivity contribution in [1.82, 2.24) is 9.88 Å². The molecule has 5 rings (SSSR count). The van der Waals surface area contributed by atoms with Crippen molar-refractivity contribution in [2.45, 2.75) is 71.9 Å². The molecule has 0 N–H and O–H groups in total. The molecule has 6 heteroatoms. The van der Waals surface area contributed by atoms with Gasteiger partial charge in [0.1, 0.15) is 23.7 Å². The maximum Gasteiger partial charge on any atom is 0.213 e. The van der Waals surface area contributed by atoms with E-state index in [0.29, 0.717) is 17.4 Å². The third-order valence-electron chi connectivity index (χ3n) is 9.02. The highest BCUT2D eigenvalue weighted by Gasteiger charge is 2.38. The van der Waals surface area contributed by atoms with E-state index in [1.807, 2.05) is 6.07 Å². The number of methoxy groups -OCH3 is 1. The maximum atomic E-state index is 12.3. The van der Waals surface area contributed by atoms with Gasteiger partial charge in [-0.3, -0.25) is 9.69 Å². The fraction of sp³-hybridized carbons (Fsp3) is 0.457. The van der Waals surface area contributed by atoms with Crippen LogP contribution in [0.15, 0.2) is 48.7 Å². The highest BCUT2D eigenvalue weighted by molar-refractivity contribution is 5.79. The number of hydrogen-bond acceptors (Lipinski definition) is 6. The number of carbonyl (C=O) groups excluding carboxylic acids is 1. The summed E-state index contributed by atoms with van der Waals surface area (Å²) in [5, 5.41) is 9.84. The van der Waals surface area contributed by atoms with Crippen LogP contribution in [-0.4, -0.2) is 35.9 Å². The number of aromatic nitrogens is 1. The van der Waals surface area contributed by atoms with Crippen molar-refractivity contribution in [3.63, 3.8) is 0 Å². The normalized spacial score (nSPS) is 17.7. The number of benzene rings is 2. The highest BCUT2D eigenvalue weighted by atomic mass is 16.5. The predicted molar refractivity (Wildman–Crippen MR) is 161 cm³/mol. The number of nitrogens with zero attached hydrogens (tertiary/aromatic N) is 3. The van der Waals surface area contributed by atoms with Gasteiger partial charge in [0.2, 0.25) is 5.88 Å². The second-order valence-corrected chi connectivity index (χ2v) is 11.5. The van der Waals surface area contributed by atoms with E-state index in [1.54, 1.807) is 20.2 Å². The van der Waals surface area contributed by atoms with Crippen molar-refractivity contribution in [3.8, 4) is 28.8 Å². The van der Waals surface area contributed by atoms with Crippen molar-refractivity contribution in [1.29, 1.82) is 5.26 Å². The number of Topliss-reactive ketones (excluding diaryl/α,β-unsaturated/α-hetero) is 1. The zero-order valence-electron chi connectivity index (χ0n) is 24.9. The van der Waals surface area contributed by atoms with E-state index in [2.05, 4.69) is 73.1 Å². The standard InChI is InChI=1S/C35H41N3O3/c1-6-38(7-2)21-28-16-26(12-14-30(28)31-18-34(40-5)37-20-29(31)19-36)32-15-13-24-8-11-27(17-33(24)41-32)35(25-9-10-25)22(3)23(4)39/h8,11-12,14,16-18,20,22,25,32,35H,6-7,9-10,13,15,21H2,1-5H3/t22-,32?,35+/m1/s1. The lowest BCUT2D eigenvalue weighted by molar-refractivity contribution is -0.121. The van der Waals surface area contributed by atoms with Crippen LogP contribution in [0.2, 0.25) is 0 Å². The molecule has 2 aliphatic rings. The van der Waals surface area contributed by atoms with Crippen LogP contribution in [-0.2, 0) is 17.8 Å². The quantitative estimate of drug-likeness (QED) is 0.250. The largest absolute Gasteiger partial charge is 0.485 e. The summed E-state index contributed by atoms with van der Waals surface area (Å²) in [6.07, 6.45) is 5.77. The van der Waals surface area contributed by atoms with Crippen molar-refractivity contribution < 1.29 is 14.3 Å². The topological polar surface area (TPSA) is 75.5 Å². The second-order valence-electron chi connectivity index (χ2n) is 11.5. The molecular formula is C35H41N3O3. The number of rotatable bonds is 11. The molecule has 1 aromatic heterocycles. The van der Waals surface area contributed by atoms with Gasteiger partial charge in [0.05, 0.1) is 12.7 Å². The number of hydrogen-bond donors (Lipinski definition) is 0. The van der Waals surface area contributed by atoms with Crippen LogP contribution in [0.3, 0.4) is 0 Å². The summed E-state index contributed by atoms with van der Waals surface area (Å²) in [6.45, 7) is 10.8. The predicted octanol–water partition coefficient (Wildman–Crippen LogP) is 7.26. The van der Waals surface area contributed by atoms with E-state index < -0.39 is 0 Å². The Kier molecular flexibility index (Phi) is 8.75. The van der Waals surface area contributed by atoms with Gasteiger partial charge in [-0.15, -0.1) is 0 Å². The van der Waals surface area contributed by atoms with Gasteiger partial charge >= 0.3 is 0 Å². The molecule has 0 spiro atoms. The van der Waals surface area contributed by atoms with Crippen molar-refractivity contribution in [2.24, 2.45) is 11.8 Å². The van der Waals surface area contributed by atoms with E-state index in [1.165, 1.54) is 24.0 Å². The molecule has 0 bridgehead atoms. The first-order valence-electron chi connectivity index (χ1n) is 15.0. The van der Waals surface area contributed by atoms with E-state index in [4.69, 9.17) is 9.47 Å². The number of fused-ring (bicyclic) bond motifs is 1. The van der Waals surface area contributed by atoms with Crippen LogP contribution in [0.25, 0.3) is 11.1 Å². The molecule has 1 aliphatic heterocycles. The summed E-state index contributed by atoms with van der Waals surface area (Å²) in [4.78, 5) is 18.9. The Morgan fingerprint density at radius 2 is 1.90 bits per heavy atom.